The highest BCUT2D eigenvalue weighted by Crippen LogP contribution is 2.55. The van der Waals surface area contributed by atoms with Crippen molar-refractivity contribution in [1.82, 2.24) is 0 Å². The van der Waals surface area contributed by atoms with Gasteiger partial charge in [-0.3, -0.25) is 9.59 Å². The second-order valence-electron chi connectivity index (χ2n) is 10.1. The Morgan fingerprint density at radius 1 is 0.450 bits per heavy atom. The van der Waals surface area contributed by atoms with E-state index in [9.17, 15) is 9.59 Å². The standard InChI is InChI=1S/C34H20N2O2S2/c35-25-15-17-7-5-13-23-27(17)29(19-9-1-3-11-21(19)31(23)37)33(25)39-40-34-26(36)16-18-8-6-14-24-28(18)30(34)20-10-2-4-12-22(20)32(24)38/h1-16H,35-36H2. The van der Waals surface area contributed by atoms with Gasteiger partial charge in [0.25, 0.3) is 0 Å². The molecule has 0 aliphatic heterocycles. The number of rotatable bonds is 3. The molecule has 0 fully saturated rings. The lowest BCUT2D eigenvalue weighted by Gasteiger charge is -2.25. The zero-order valence-corrected chi connectivity index (χ0v) is 22.7. The van der Waals surface area contributed by atoms with Gasteiger partial charge in [-0.2, -0.15) is 0 Å². The van der Waals surface area contributed by atoms with Gasteiger partial charge < -0.3 is 11.5 Å². The number of fused-ring (bicyclic) bond motifs is 4. The third-order valence-corrected chi connectivity index (χ3v) is 10.4. The summed E-state index contributed by atoms with van der Waals surface area (Å²) in [6.07, 6.45) is 0. The van der Waals surface area contributed by atoms with E-state index in [0.717, 1.165) is 53.6 Å². The maximum Gasteiger partial charge on any atom is 0.194 e. The number of carbonyl (C=O) groups excluding carboxylic acids is 2. The van der Waals surface area contributed by atoms with Crippen molar-refractivity contribution in [2.75, 3.05) is 11.5 Å². The second-order valence-corrected chi connectivity index (χ2v) is 12.2. The molecule has 0 saturated heterocycles. The summed E-state index contributed by atoms with van der Waals surface area (Å²) < 4.78 is 0. The molecule has 0 heterocycles. The van der Waals surface area contributed by atoms with Gasteiger partial charge in [-0.1, -0.05) is 84.9 Å². The lowest BCUT2D eigenvalue weighted by molar-refractivity contribution is 0.103. The molecule has 6 aromatic rings. The molecule has 0 atom stereocenters. The van der Waals surface area contributed by atoms with Crippen molar-refractivity contribution in [2.24, 2.45) is 0 Å². The minimum atomic E-state index is 0.0269. The molecule has 6 aromatic carbocycles. The maximum absolute atomic E-state index is 13.4. The van der Waals surface area contributed by atoms with E-state index in [0.29, 0.717) is 33.6 Å². The number of carbonyl (C=O) groups is 2. The van der Waals surface area contributed by atoms with Crippen molar-refractivity contribution in [3.05, 3.63) is 119 Å². The predicted molar refractivity (Wildman–Crippen MR) is 166 cm³/mol. The van der Waals surface area contributed by atoms with Crippen LogP contribution in [0.2, 0.25) is 0 Å². The summed E-state index contributed by atoms with van der Waals surface area (Å²) >= 11 is 0. The Bertz CT molecular complexity index is 1980. The Morgan fingerprint density at radius 2 is 0.825 bits per heavy atom. The van der Waals surface area contributed by atoms with E-state index in [1.165, 1.54) is 0 Å². The number of benzene rings is 6. The first kappa shape index (κ1) is 23.4. The van der Waals surface area contributed by atoms with Crippen molar-refractivity contribution in [3.63, 3.8) is 0 Å². The number of nitrogens with two attached hydrogens (primary N) is 2. The number of ketones is 2. The zero-order valence-electron chi connectivity index (χ0n) is 21.0. The van der Waals surface area contributed by atoms with Gasteiger partial charge in [0.2, 0.25) is 0 Å². The van der Waals surface area contributed by atoms with E-state index >= 15 is 0 Å². The molecule has 4 nitrogen and oxygen atoms in total. The van der Waals surface area contributed by atoms with E-state index in [1.807, 2.05) is 97.1 Å². The minimum Gasteiger partial charge on any atom is -0.398 e. The summed E-state index contributed by atoms with van der Waals surface area (Å²) in [6, 6.07) is 31.0. The summed E-state index contributed by atoms with van der Waals surface area (Å²) in [5.41, 5.74) is 21.2. The lowest BCUT2D eigenvalue weighted by atomic mass is 9.82. The average molecular weight is 553 g/mol. The lowest BCUT2D eigenvalue weighted by Crippen LogP contribution is -2.11. The van der Waals surface area contributed by atoms with Crippen LogP contribution < -0.4 is 11.5 Å². The van der Waals surface area contributed by atoms with Gasteiger partial charge in [0.15, 0.2) is 11.6 Å². The number of hydrogen-bond acceptors (Lipinski definition) is 6. The highest BCUT2D eigenvalue weighted by molar-refractivity contribution is 8.76. The molecule has 2 aliphatic rings. The number of anilines is 2. The fraction of sp³-hybridized carbons (Fsp3) is 0. The van der Waals surface area contributed by atoms with Crippen LogP contribution in [0.1, 0.15) is 31.8 Å². The Hall–Kier alpha value is -4.52. The summed E-state index contributed by atoms with van der Waals surface area (Å²) in [6.45, 7) is 0. The minimum absolute atomic E-state index is 0.0269. The number of hydrogen-bond donors (Lipinski definition) is 2. The Labute approximate surface area is 237 Å². The monoisotopic (exact) mass is 552 g/mol. The van der Waals surface area contributed by atoms with Crippen LogP contribution in [0.3, 0.4) is 0 Å². The van der Waals surface area contributed by atoms with Gasteiger partial charge in [0.1, 0.15) is 0 Å². The van der Waals surface area contributed by atoms with Crippen LogP contribution in [-0.4, -0.2) is 11.6 Å². The smallest absolute Gasteiger partial charge is 0.194 e. The van der Waals surface area contributed by atoms with E-state index in [-0.39, 0.29) is 11.6 Å². The van der Waals surface area contributed by atoms with E-state index in [2.05, 4.69) is 0 Å². The summed E-state index contributed by atoms with van der Waals surface area (Å²) in [4.78, 5) is 28.6. The Balaban J connectivity index is 1.36. The molecule has 6 heteroatoms. The fourth-order valence-electron chi connectivity index (χ4n) is 6.16. The first-order valence-corrected chi connectivity index (χ1v) is 15.0. The third-order valence-electron chi connectivity index (χ3n) is 7.87. The molecule has 2 aliphatic carbocycles. The van der Waals surface area contributed by atoms with E-state index in [4.69, 9.17) is 11.5 Å². The van der Waals surface area contributed by atoms with Gasteiger partial charge in [-0.25, -0.2) is 0 Å². The predicted octanol–water partition coefficient (Wildman–Crippen LogP) is 8.38. The molecule has 0 amide bonds. The molecule has 8 rings (SSSR count). The van der Waals surface area contributed by atoms with Crippen molar-refractivity contribution in [3.8, 4) is 22.3 Å². The normalized spacial score (nSPS) is 13.0. The number of nitrogen functional groups attached to an aromatic ring is 2. The molecule has 0 unspecified atom stereocenters. The third kappa shape index (κ3) is 3.12. The summed E-state index contributed by atoms with van der Waals surface area (Å²) in [5.74, 6) is 0.0539. The van der Waals surface area contributed by atoms with Crippen molar-refractivity contribution in [1.29, 1.82) is 0 Å². The van der Waals surface area contributed by atoms with Crippen LogP contribution in [0, 0.1) is 0 Å². The van der Waals surface area contributed by atoms with Crippen LogP contribution in [0.5, 0.6) is 0 Å². The van der Waals surface area contributed by atoms with Crippen LogP contribution in [-0.2, 0) is 0 Å². The van der Waals surface area contributed by atoms with Gasteiger partial charge in [-0.05, 0) is 55.6 Å². The molecule has 40 heavy (non-hydrogen) atoms. The van der Waals surface area contributed by atoms with Crippen LogP contribution in [0.25, 0.3) is 43.8 Å². The highest BCUT2D eigenvalue weighted by Gasteiger charge is 2.31. The van der Waals surface area contributed by atoms with Crippen molar-refractivity contribution >= 4 is 66.1 Å². The summed E-state index contributed by atoms with van der Waals surface area (Å²) in [7, 11) is 3.09. The second kappa shape index (κ2) is 8.49. The molecule has 0 aromatic heterocycles. The average Bonchev–Trinajstić information content (AvgIpc) is 2.97. The Morgan fingerprint density at radius 3 is 1.25 bits per heavy atom. The van der Waals surface area contributed by atoms with Crippen LogP contribution in [0.15, 0.2) is 107 Å². The van der Waals surface area contributed by atoms with Crippen molar-refractivity contribution < 1.29 is 9.59 Å². The quantitative estimate of drug-likeness (QED) is 0.169. The van der Waals surface area contributed by atoms with Crippen molar-refractivity contribution in [2.45, 2.75) is 9.79 Å². The maximum atomic E-state index is 13.4. The van der Waals surface area contributed by atoms with Gasteiger partial charge in [0.05, 0.1) is 9.79 Å². The SMILES string of the molecule is Nc1cc2cccc3c2c(c1SSc1c(N)cc2cccc4c2c1-c1ccccc1C4=O)-c1ccccc1C3=O. The van der Waals surface area contributed by atoms with Gasteiger partial charge in [-0.15, -0.1) is 0 Å². The van der Waals surface area contributed by atoms with Crippen LogP contribution >= 0.6 is 21.6 Å². The molecular formula is C34H20N2O2S2. The highest BCUT2D eigenvalue weighted by atomic mass is 33.1. The molecule has 0 bridgehead atoms. The van der Waals surface area contributed by atoms with Crippen LogP contribution in [0.4, 0.5) is 11.4 Å². The molecule has 0 spiro atoms. The molecular weight excluding hydrogens is 533 g/mol. The molecule has 190 valence electrons. The molecule has 0 radical (unpaired) electrons. The topological polar surface area (TPSA) is 86.2 Å². The van der Waals surface area contributed by atoms with Gasteiger partial charge >= 0.3 is 0 Å². The largest absolute Gasteiger partial charge is 0.398 e. The molecule has 4 N–H and O–H groups in total. The summed E-state index contributed by atoms with van der Waals surface area (Å²) in [5, 5.41) is 3.74. The Kier molecular flexibility index (Phi) is 4.96. The fourth-order valence-corrected chi connectivity index (χ4v) is 8.81. The van der Waals surface area contributed by atoms with E-state index in [1.54, 1.807) is 21.6 Å². The first-order chi connectivity index (χ1) is 19.5. The zero-order chi connectivity index (χ0) is 27.1. The van der Waals surface area contributed by atoms with Gasteiger partial charge in [0, 0.05) is 55.5 Å². The molecule has 0 saturated carbocycles. The first-order valence-electron chi connectivity index (χ1n) is 12.9. The van der Waals surface area contributed by atoms with E-state index < -0.39 is 0 Å².